The molecule has 0 saturated carbocycles. The van der Waals surface area contributed by atoms with E-state index in [1.165, 1.54) is 5.69 Å². The molecule has 4 heterocycles. The molecule has 1 aliphatic heterocycles. The molecule has 1 saturated heterocycles. The summed E-state index contributed by atoms with van der Waals surface area (Å²) in [5.41, 5.74) is 3.99. The third kappa shape index (κ3) is 5.40. The Morgan fingerprint density at radius 1 is 1.15 bits per heavy atom. The van der Waals surface area contributed by atoms with E-state index in [4.69, 9.17) is 0 Å². The maximum Gasteiger partial charge on any atom is 0.251 e. The number of anilines is 1. The largest absolute Gasteiger partial charge is 0.371 e. The lowest BCUT2D eigenvalue weighted by Crippen LogP contribution is -2.43. The number of benzene rings is 1. The summed E-state index contributed by atoms with van der Waals surface area (Å²) >= 11 is 1.67. The number of fused-ring (bicyclic) bond motifs is 1. The third-order valence-corrected chi connectivity index (χ3v) is 6.89. The molecule has 5 rings (SSSR count). The number of imidazole rings is 1. The number of carbonyl (C=O) groups excluding carboxylic acids is 1. The molecule has 0 unspecified atom stereocenters. The van der Waals surface area contributed by atoms with E-state index in [0.29, 0.717) is 18.2 Å². The summed E-state index contributed by atoms with van der Waals surface area (Å²) in [4.78, 5) is 24.6. The van der Waals surface area contributed by atoms with Crippen LogP contribution in [0, 0.1) is 0 Å². The van der Waals surface area contributed by atoms with Gasteiger partial charge in [0.1, 0.15) is 0 Å². The first-order chi connectivity index (χ1) is 16.2. The highest BCUT2D eigenvalue weighted by molar-refractivity contribution is 7.15. The van der Waals surface area contributed by atoms with Gasteiger partial charge >= 0.3 is 0 Å². The van der Waals surface area contributed by atoms with Gasteiger partial charge in [-0.1, -0.05) is 6.07 Å². The van der Waals surface area contributed by atoms with E-state index < -0.39 is 0 Å². The minimum atomic E-state index is -0.0640. The van der Waals surface area contributed by atoms with Crippen LogP contribution in [0.1, 0.15) is 34.5 Å². The van der Waals surface area contributed by atoms with Crippen LogP contribution < -0.4 is 15.5 Å². The number of carbonyl (C=O) groups is 1. The lowest BCUT2D eigenvalue weighted by atomic mass is 10.0. The summed E-state index contributed by atoms with van der Waals surface area (Å²) in [5, 5.41) is 8.71. The van der Waals surface area contributed by atoms with E-state index in [9.17, 15) is 4.79 Å². The number of amides is 1. The van der Waals surface area contributed by atoms with Gasteiger partial charge in [-0.15, -0.1) is 11.3 Å². The minimum absolute atomic E-state index is 0.0640. The van der Waals surface area contributed by atoms with Gasteiger partial charge < -0.3 is 15.5 Å². The van der Waals surface area contributed by atoms with Crippen LogP contribution in [0.3, 0.4) is 0 Å². The Kier molecular flexibility index (Phi) is 6.64. The van der Waals surface area contributed by atoms with Gasteiger partial charge in [-0.2, -0.15) is 0 Å². The molecule has 1 fully saturated rings. The van der Waals surface area contributed by atoms with Crippen LogP contribution in [0.15, 0.2) is 66.6 Å². The molecule has 2 N–H and O–H groups in total. The summed E-state index contributed by atoms with van der Waals surface area (Å²) in [7, 11) is 0. The number of piperidine rings is 1. The van der Waals surface area contributed by atoms with Crippen LogP contribution in [-0.2, 0) is 13.0 Å². The van der Waals surface area contributed by atoms with Crippen molar-refractivity contribution in [2.75, 3.05) is 24.5 Å². The molecular formula is C25H28N6OS. The molecule has 0 atom stereocenters. The van der Waals surface area contributed by atoms with E-state index in [2.05, 4.69) is 59.8 Å². The molecular weight excluding hydrogens is 432 g/mol. The average Bonchev–Trinajstić information content (AvgIpc) is 3.46. The number of pyridine rings is 1. The van der Waals surface area contributed by atoms with Gasteiger partial charge in [0.05, 0.1) is 5.69 Å². The Hall–Kier alpha value is -3.23. The Morgan fingerprint density at radius 3 is 2.76 bits per heavy atom. The molecule has 0 spiro atoms. The molecule has 8 heteroatoms. The smallest absolute Gasteiger partial charge is 0.251 e. The van der Waals surface area contributed by atoms with Crippen LogP contribution in [-0.4, -0.2) is 46.0 Å². The zero-order valence-corrected chi connectivity index (χ0v) is 19.3. The highest BCUT2D eigenvalue weighted by Crippen LogP contribution is 2.21. The standard InChI is InChI=1S/C25H28N6OS/c32-24(28-17-19-2-1-10-26-16-19)20-3-5-23(6-4-20)30-12-8-21(9-13-30)27-11-7-22-18-31-14-15-33-25(31)29-22/h1-6,10,14-16,18,21,27H,7-9,11-13,17H2,(H,28,32). The van der Waals surface area contributed by atoms with Crippen molar-refractivity contribution in [2.45, 2.75) is 31.8 Å². The fraction of sp³-hybridized carbons (Fsp3) is 0.320. The van der Waals surface area contributed by atoms with Gasteiger partial charge in [0.25, 0.3) is 5.91 Å². The van der Waals surface area contributed by atoms with Gasteiger partial charge in [-0.25, -0.2) is 4.98 Å². The quantitative estimate of drug-likeness (QED) is 0.421. The predicted molar refractivity (Wildman–Crippen MR) is 132 cm³/mol. The summed E-state index contributed by atoms with van der Waals surface area (Å²) in [6.45, 7) is 3.47. The topological polar surface area (TPSA) is 74.6 Å². The first kappa shape index (κ1) is 21.6. The highest BCUT2D eigenvalue weighted by Gasteiger charge is 2.19. The van der Waals surface area contributed by atoms with Crippen LogP contribution in [0.2, 0.25) is 0 Å². The highest BCUT2D eigenvalue weighted by atomic mass is 32.1. The molecule has 33 heavy (non-hydrogen) atoms. The Balaban J connectivity index is 1.05. The summed E-state index contributed by atoms with van der Waals surface area (Å²) < 4.78 is 2.09. The molecule has 1 aliphatic rings. The van der Waals surface area contributed by atoms with Gasteiger partial charge in [0.2, 0.25) is 0 Å². The van der Waals surface area contributed by atoms with Gasteiger partial charge in [-0.05, 0) is 48.7 Å². The van der Waals surface area contributed by atoms with Crippen molar-refractivity contribution in [3.8, 4) is 0 Å². The minimum Gasteiger partial charge on any atom is -0.371 e. The second-order valence-corrected chi connectivity index (χ2v) is 9.25. The number of nitrogens with zero attached hydrogens (tertiary/aromatic N) is 4. The number of rotatable bonds is 8. The molecule has 1 amide bonds. The van der Waals surface area contributed by atoms with Crippen LogP contribution in [0.4, 0.5) is 5.69 Å². The third-order valence-electron chi connectivity index (χ3n) is 6.12. The van der Waals surface area contributed by atoms with Gasteiger partial charge in [0, 0.05) is 80.1 Å². The van der Waals surface area contributed by atoms with Crippen LogP contribution >= 0.6 is 11.3 Å². The lowest BCUT2D eigenvalue weighted by molar-refractivity contribution is 0.0951. The molecule has 0 radical (unpaired) electrons. The number of aromatic nitrogens is 3. The van der Waals surface area contributed by atoms with Crippen molar-refractivity contribution in [3.63, 3.8) is 0 Å². The van der Waals surface area contributed by atoms with Crippen molar-refractivity contribution < 1.29 is 4.79 Å². The predicted octanol–water partition coefficient (Wildman–Crippen LogP) is 3.52. The second kappa shape index (κ2) is 10.1. The van der Waals surface area contributed by atoms with Crippen molar-refractivity contribution in [1.82, 2.24) is 25.0 Å². The number of nitrogens with one attached hydrogen (secondary N) is 2. The van der Waals surface area contributed by atoms with Crippen molar-refractivity contribution in [1.29, 1.82) is 0 Å². The molecule has 0 aliphatic carbocycles. The molecule has 0 bridgehead atoms. The zero-order valence-electron chi connectivity index (χ0n) is 18.5. The normalized spacial score (nSPS) is 14.6. The molecule has 4 aromatic rings. The Labute approximate surface area is 197 Å². The second-order valence-electron chi connectivity index (χ2n) is 8.38. The molecule has 3 aromatic heterocycles. The Bertz CT molecular complexity index is 1150. The SMILES string of the molecule is O=C(NCc1cccnc1)c1ccc(N2CCC(NCCc3cn4ccsc4n3)CC2)cc1. The molecule has 1 aromatic carbocycles. The fourth-order valence-electron chi connectivity index (χ4n) is 4.25. The molecule has 170 valence electrons. The van der Waals surface area contributed by atoms with E-state index in [-0.39, 0.29) is 5.91 Å². The van der Waals surface area contributed by atoms with E-state index in [0.717, 1.165) is 55.1 Å². The number of thiazole rings is 1. The zero-order chi connectivity index (χ0) is 22.5. The van der Waals surface area contributed by atoms with Crippen LogP contribution in [0.25, 0.3) is 4.96 Å². The summed E-state index contributed by atoms with van der Waals surface area (Å²) in [5.74, 6) is -0.0640. The van der Waals surface area contributed by atoms with Crippen LogP contribution in [0.5, 0.6) is 0 Å². The average molecular weight is 461 g/mol. The number of hydrogen-bond acceptors (Lipinski definition) is 6. The van der Waals surface area contributed by atoms with Crippen molar-refractivity contribution in [2.24, 2.45) is 0 Å². The first-order valence-corrected chi connectivity index (χ1v) is 12.3. The van der Waals surface area contributed by atoms with Gasteiger partial charge in [0.15, 0.2) is 4.96 Å². The lowest BCUT2D eigenvalue weighted by Gasteiger charge is -2.34. The van der Waals surface area contributed by atoms with Gasteiger partial charge in [-0.3, -0.25) is 14.2 Å². The van der Waals surface area contributed by atoms with E-state index in [1.807, 2.05) is 24.3 Å². The van der Waals surface area contributed by atoms with E-state index in [1.54, 1.807) is 23.7 Å². The van der Waals surface area contributed by atoms with Crippen molar-refractivity contribution in [3.05, 3.63) is 83.4 Å². The molecule has 7 nitrogen and oxygen atoms in total. The monoisotopic (exact) mass is 460 g/mol. The summed E-state index contributed by atoms with van der Waals surface area (Å²) in [6, 6.07) is 12.3. The van der Waals surface area contributed by atoms with Crippen molar-refractivity contribution >= 4 is 27.9 Å². The maximum atomic E-state index is 12.4. The number of hydrogen-bond donors (Lipinski definition) is 2. The Morgan fingerprint density at radius 2 is 2.00 bits per heavy atom. The fourth-order valence-corrected chi connectivity index (χ4v) is 4.97. The van der Waals surface area contributed by atoms with E-state index >= 15 is 0 Å². The first-order valence-electron chi connectivity index (χ1n) is 11.4. The maximum absolute atomic E-state index is 12.4. The summed E-state index contributed by atoms with van der Waals surface area (Å²) in [6.07, 6.45) is 10.9.